The number of ether oxygens (including phenoxy) is 1. The SMILES string of the molecule is N#CCn1cc(N2CCC[C@@H](Nc3cc(N4CCOCC4)ncn3)C2)cn1. The van der Waals surface area contributed by atoms with Crippen LogP contribution in [0.25, 0.3) is 0 Å². The lowest BCUT2D eigenvalue weighted by atomic mass is 10.1. The van der Waals surface area contributed by atoms with Gasteiger partial charge in [0.05, 0.1) is 31.2 Å². The van der Waals surface area contributed by atoms with Crippen LogP contribution in [-0.2, 0) is 11.3 Å². The van der Waals surface area contributed by atoms with Gasteiger partial charge in [0, 0.05) is 44.5 Å². The smallest absolute Gasteiger partial charge is 0.134 e. The second-order valence-electron chi connectivity index (χ2n) is 6.84. The molecule has 0 aromatic carbocycles. The number of hydrogen-bond acceptors (Lipinski definition) is 8. The van der Waals surface area contributed by atoms with Crippen molar-refractivity contribution < 1.29 is 4.74 Å². The minimum Gasteiger partial charge on any atom is -0.378 e. The van der Waals surface area contributed by atoms with Crippen LogP contribution in [0.15, 0.2) is 24.8 Å². The molecule has 9 nitrogen and oxygen atoms in total. The molecule has 2 aromatic heterocycles. The van der Waals surface area contributed by atoms with Crippen LogP contribution >= 0.6 is 0 Å². The highest BCUT2D eigenvalue weighted by atomic mass is 16.5. The van der Waals surface area contributed by atoms with E-state index >= 15 is 0 Å². The summed E-state index contributed by atoms with van der Waals surface area (Å²) in [7, 11) is 0. The van der Waals surface area contributed by atoms with Crippen molar-refractivity contribution in [2.24, 2.45) is 0 Å². The second kappa shape index (κ2) is 8.22. The molecule has 0 spiro atoms. The largest absolute Gasteiger partial charge is 0.378 e. The van der Waals surface area contributed by atoms with Gasteiger partial charge < -0.3 is 19.9 Å². The lowest BCUT2D eigenvalue weighted by Gasteiger charge is -2.34. The van der Waals surface area contributed by atoms with Crippen molar-refractivity contribution >= 4 is 17.3 Å². The van der Waals surface area contributed by atoms with Crippen molar-refractivity contribution in [2.45, 2.75) is 25.4 Å². The molecule has 0 amide bonds. The Morgan fingerprint density at radius 1 is 1.22 bits per heavy atom. The average molecular weight is 368 g/mol. The maximum atomic E-state index is 8.81. The van der Waals surface area contributed by atoms with Gasteiger partial charge in [-0.15, -0.1) is 0 Å². The third-order valence-electron chi connectivity index (χ3n) is 4.98. The monoisotopic (exact) mass is 368 g/mol. The molecule has 2 saturated heterocycles. The Balaban J connectivity index is 1.39. The molecule has 2 fully saturated rings. The molecule has 0 aliphatic carbocycles. The van der Waals surface area contributed by atoms with Gasteiger partial charge in [-0.3, -0.25) is 4.68 Å². The predicted octanol–water partition coefficient (Wildman–Crippen LogP) is 1.11. The Labute approximate surface area is 158 Å². The van der Waals surface area contributed by atoms with Crippen LogP contribution in [0, 0.1) is 11.3 Å². The van der Waals surface area contributed by atoms with Crippen molar-refractivity contribution in [1.29, 1.82) is 5.26 Å². The number of anilines is 3. The predicted molar refractivity (Wildman–Crippen MR) is 102 cm³/mol. The summed E-state index contributed by atoms with van der Waals surface area (Å²) in [4.78, 5) is 13.4. The van der Waals surface area contributed by atoms with E-state index < -0.39 is 0 Å². The van der Waals surface area contributed by atoms with Crippen LogP contribution in [0.4, 0.5) is 17.3 Å². The molecule has 2 aliphatic rings. The lowest BCUT2D eigenvalue weighted by Crippen LogP contribution is -2.42. The number of aromatic nitrogens is 4. The van der Waals surface area contributed by atoms with Gasteiger partial charge in [-0.2, -0.15) is 10.4 Å². The first-order chi connectivity index (χ1) is 13.3. The molecule has 9 heteroatoms. The highest BCUT2D eigenvalue weighted by molar-refractivity contribution is 5.50. The highest BCUT2D eigenvalue weighted by Gasteiger charge is 2.22. The minimum absolute atomic E-state index is 0.279. The van der Waals surface area contributed by atoms with Gasteiger partial charge in [0.15, 0.2) is 0 Å². The Bertz CT molecular complexity index is 795. The highest BCUT2D eigenvalue weighted by Crippen LogP contribution is 2.22. The minimum atomic E-state index is 0.279. The summed E-state index contributed by atoms with van der Waals surface area (Å²) in [6, 6.07) is 4.45. The first-order valence-corrected chi connectivity index (χ1v) is 9.37. The average Bonchev–Trinajstić information content (AvgIpc) is 3.18. The van der Waals surface area contributed by atoms with Crippen LogP contribution in [0.3, 0.4) is 0 Å². The maximum absolute atomic E-state index is 8.81. The van der Waals surface area contributed by atoms with Crippen LogP contribution in [-0.4, -0.2) is 65.2 Å². The molecule has 1 atom stereocenters. The zero-order valence-electron chi connectivity index (χ0n) is 15.3. The van der Waals surface area contributed by atoms with Crippen molar-refractivity contribution in [3.8, 4) is 6.07 Å². The summed E-state index contributed by atoms with van der Waals surface area (Å²) in [5.41, 5.74) is 1.06. The zero-order valence-corrected chi connectivity index (χ0v) is 15.3. The van der Waals surface area contributed by atoms with E-state index in [9.17, 15) is 0 Å². The van der Waals surface area contributed by atoms with Crippen molar-refractivity contribution in [3.63, 3.8) is 0 Å². The van der Waals surface area contributed by atoms with E-state index in [0.717, 1.165) is 69.6 Å². The Kier molecular flexibility index (Phi) is 5.34. The molecule has 1 N–H and O–H groups in total. The molecule has 0 bridgehead atoms. The number of piperidine rings is 1. The lowest BCUT2D eigenvalue weighted by molar-refractivity contribution is 0.122. The van der Waals surface area contributed by atoms with Crippen LogP contribution in [0.1, 0.15) is 12.8 Å². The molecule has 4 heterocycles. The zero-order chi connectivity index (χ0) is 18.5. The van der Waals surface area contributed by atoms with E-state index in [4.69, 9.17) is 10.00 Å². The van der Waals surface area contributed by atoms with Crippen LogP contribution < -0.4 is 15.1 Å². The maximum Gasteiger partial charge on any atom is 0.134 e. The molecule has 142 valence electrons. The summed E-state index contributed by atoms with van der Waals surface area (Å²) >= 11 is 0. The fourth-order valence-electron chi connectivity index (χ4n) is 3.60. The summed E-state index contributed by atoms with van der Waals surface area (Å²) in [5.74, 6) is 1.81. The molecular weight excluding hydrogens is 344 g/mol. The van der Waals surface area contributed by atoms with E-state index in [1.807, 2.05) is 18.5 Å². The third-order valence-corrected chi connectivity index (χ3v) is 4.98. The first-order valence-electron chi connectivity index (χ1n) is 9.37. The van der Waals surface area contributed by atoms with Crippen molar-refractivity contribution in [2.75, 3.05) is 54.5 Å². The normalized spacial score (nSPS) is 20.3. The summed E-state index contributed by atoms with van der Waals surface area (Å²) in [6.07, 6.45) is 7.59. The van der Waals surface area contributed by atoms with Gasteiger partial charge in [0.1, 0.15) is 24.5 Å². The molecule has 4 rings (SSSR count). The first kappa shape index (κ1) is 17.5. The molecule has 0 radical (unpaired) electrons. The van der Waals surface area contributed by atoms with E-state index in [0.29, 0.717) is 6.04 Å². The van der Waals surface area contributed by atoms with E-state index in [1.54, 1.807) is 11.0 Å². The molecule has 2 aromatic rings. The van der Waals surface area contributed by atoms with Gasteiger partial charge in [0.2, 0.25) is 0 Å². The number of rotatable bonds is 5. The Morgan fingerprint density at radius 3 is 2.96 bits per heavy atom. The summed E-state index contributed by atoms with van der Waals surface area (Å²) in [5, 5.41) is 16.6. The molecule has 0 saturated carbocycles. The molecule has 0 unspecified atom stereocenters. The van der Waals surface area contributed by atoms with Gasteiger partial charge in [-0.1, -0.05) is 0 Å². The number of nitriles is 1. The summed E-state index contributed by atoms with van der Waals surface area (Å²) < 4.78 is 7.08. The fraction of sp³-hybridized carbons (Fsp3) is 0.556. The van der Waals surface area contributed by atoms with Crippen LogP contribution in [0.5, 0.6) is 0 Å². The number of hydrogen-bond donors (Lipinski definition) is 1. The Hall–Kier alpha value is -2.86. The van der Waals surface area contributed by atoms with Gasteiger partial charge in [-0.25, -0.2) is 9.97 Å². The summed E-state index contributed by atoms with van der Waals surface area (Å²) in [6.45, 7) is 5.36. The quantitative estimate of drug-likeness (QED) is 0.839. The standard InChI is InChI=1S/C18H24N8O/c19-3-5-26-13-16(11-22-26)25-4-1-2-15(12-25)23-17-10-18(21-14-20-17)24-6-8-27-9-7-24/h10-11,13-15H,1-2,4-9,12H2,(H,20,21,23)/t15-/m1/s1. The van der Waals surface area contributed by atoms with Gasteiger partial charge in [0.25, 0.3) is 0 Å². The second-order valence-corrected chi connectivity index (χ2v) is 6.84. The van der Waals surface area contributed by atoms with E-state index in [-0.39, 0.29) is 6.54 Å². The van der Waals surface area contributed by atoms with Crippen LogP contribution in [0.2, 0.25) is 0 Å². The third kappa shape index (κ3) is 4.28. The van der Waals surface area contributed by atoms with Crippen molar-refractivity contribution in [1.82, 2.24) is 19.7 Å². The van der Waals surface area contributed by atoms with Gasteiger partial charge in [-0.05, 0) is 12.8 Å². The number of morpholine rings is 1. The molecule has 27 heavy (non-hydrogen) atoms. The molecule has 2 aliphatic heterocycles. The number of nitrogens with zero attached hydrogens (tertiary/aromatic N) is 7. The van der Waals surface area contributed by atoms with Gasteiger partial charge >= 0.3 is 0 Å². The van der Waals surface area contributed by atoms with E-state index in [1.165, 1.54) is 0 Å². The fourth-order valence-corrected chi connectivity index (χ4v) is 3.60. The number of nitrogens with one attached hydrogen (secondary N) is 1. The molecular formula is C18H24N8O. The Morgan fingerprint density at radius 2 is 2.11 bits per heavy atom. The van der Waals surface area contributed by atoms with E-state index in [2.05, 4.69) is 36.3 Å². The topological polar surface area (TPSA) is 95.1 Å². The van der Waals surface area contributed by atoms with Crippen molar-refractivity contribution in [3.05, 3.63) is 24.8 Å².